The van der Waals surface area contributed by atoms with Crippen molar-refractivity contribution in [3.8, 4) is 5.75 Å². The van der Waals surface area contributed by atoms with Gasteiger partial charge >= 0.3 is 0 Å². The standard InChI is InChI=1S/C22H25N3O3/c26-21(24-15-18-4-3-13-23-14-18)12-9-17-7-10-20(11-8-17)28-16-22(27)25-19-5-1-2-6-19/h3-4,7-14,19H,1-2,5-6,15-16H2,(H,24,26)(H,25,27). The van der Waals surface area contributed by atoms with E-state index in [4.69, 9.17) is 4.74 Å². The molecule has 2 aromatic rings. The first-order valence-electron chi connectivity index (χ1n) is 9.56. The summed E-state index contributed by atoms with van der Waals surface area (Å²) < 4.78 is 5.52. The van der Waals surface area contributed by atoms with E-state index in [0.29, 0.717) is 18.3 Å². The summed E-state index contributed by atoms with van der Waals surface area (Å²) in [6.45, 7) is 0.454. The van der Waals surface area contributed by atoms with Crippen LogP contribution in [-0.4, -0.2) is 29.4 Å². The number of nitrogens with one attached hydrogen (secondary N) is 2. The van der Waals surface area contributed by atoms with Crippen molar-refractivity contribution in [2.75, 3.05) is 6.61 Å². The Morgan fingerprint density at radius 2 is 1.93 bits per heavy atom. The monoisotopic (exact) mass is 379 g/mol. The Morgan fingerprint density at radius 1 is 1.14 bits per heavy atom. The molecule has 28 heavy (non-hydrogen) atoms. The fourth-order valence-corrected chi connectivity index (χ4v) is 3.09. The van der Waals surface area contributed by atoms with Crippen LogP contribution in [0.2, 0.25) is 0 Å². The Labute approximate surface area is 165 Å². The number of ether oxygens (including phenoxy) is 1. The smallest absolute Gasteiger partial charge is 0.258 e. The lowest BCUT2D eigenvalue weighted by molar-refractivity contribution is -0.123. The van der Waals surface area contributed by atoms with Crippen LogP contribution in [0.15, 0.2) is 54.9 Å². The molecule has 0 saturated heterocycles. The van der Waals surface area contributed by atoms with Gasteiger partial charge in [-0.1, -0.05) is 31.0 Å². The summed E-state index contributed by atoms with van der Waals surface area (Å²) in [5, 5.41) is 5.80. The van der Waals surface area contributed by atoms with Crippen molar-refractivity contribution in [2.24, 2.45) is 0 Å². The van der Waals surface area contributed by atoms with E-state index in [1.807, 2.05) is 24.3 Å². The fourth-order valence-electron chi connectivity index (χ4n) is 3.09. The van der Waals surface area contributed by atoms with Crippen molar-refractivity contribution in [3.05, 3.63) is 66.0 Å². The molecule has 0 atom stereocenters. The summed E-state index contributed by atoms with van der Waals surface area (Å²) in [5.74, 6) is 0.369. The highest BCUT2D eigenvalue weighted by molar-refractivity contribution is 5.91. The first-order valence-corrected chi connectivity index (χ1v) is 9.56. The molecule has 1 aliphatic rings. The molecule has 6 heteroatoms. The molecular formula is C22H25N3O3. The van der Waals surface area contributed by atoms with Gasteiger partial charge in [-0.25, -0.2) is 0 Å². The van der Waals surface area contributed by atoms with E-state index in [-0.39, 0.29) is 18.4 Å². The largest absolute Gasteiger partial charge is 0.484 e. The Bertz CT molecular complexity index is 798. The van der Waals surface area contributed by atoms with E-state index in [2.05, 4.69) is 15.6 Å². The third kappa shape index (κ3) is 6.54. The van der Waals surface area contributed by atoms with Crippen LogP contribution in [0.3, 0.4) is 0 Å². The Morgan fingerprint density at radius 3 is 2.64 bits per heavy atom. The van der Waals surface area contributed by atoms with E-state index >= 15 is 0 Å². The number of nitrogens with zero attached hydrogens (tertiary/aromatic N) is 1. The van der Waals surface area contributed by atoms with Crippen molar-refractivity contribution >= 4 is 17.9 Å². The van der Waals surface area contributed by atoms with E-state index < -0.39 is 0 Å². The van der Waals surface area contributed by atoms with Crippen molar-refractivity contribution in [3.63, 3.8) is 0 Å². The van der Waals surface area contributed by atoms with Crippen molar-refractivity contribution in [2.45, 2.75) is 38.3 Å². The van der Waals surface area contributed by atoms with Gasteiger partial charge in [0.25, 0.3) is 5.91 Å². The SMILES string of the molecule is O=C(C=Cc1ccc(OCC(=O)NC2CCCC2)cc1)NCc1cccnc1. The maximum Gasteiger partial charge on any atom is 0.258 e. The third-order valence-corrected chi connectivity index (χ3v) is 4.59. The highest BCUT2D eigenvalue weighted by Crippen LogP contribution is 2.17. The molecule has 0 bridgehead atoms. The summed E-state index contributed by atoms with van der Waals surface area (Å²) in [6.07, 6.45) is 11.1. The molecule has 0 aliphatic heterocycles. The quantitative estimate of drug-likeness (QED) is 0.691. The molecule has 1 aromatic carbocycles. The zero-order chi connectivity index (χ0) is 19.6. The van der Waals surface area contributed by atoms with Gasteiger partial charge in [0.2, 0.25) is 5.91 Å². The Kier molecular flexibility index (Phi) is 7.18. The molecule has 6 nitrogen and oxygen atoms in total. The minimum Gasteiger partial charge on any atom is -0.484 e. The molecule has 1 saturated carbocycles. The molecule has 146 valence electrons. The molecule has 0 radical (unpaired) electrons. The topological polar surface area (TPSA) is 80.3 Å². The van der Waals surface area contributed by atoms with Gasteiger partial charge in [-0.05, 0) is 48.2 Å². The number of pyridine rings is 1. The van der Waals surface area contributed by atoms with E-state index in [1.54, 1.807) is 30.6 Å². The summed E-state index contributed by atoms with van der Waals surface area (Å²) >= 11 is 0. The van der Waals surface area contributed by atoms with Crippen LogP contribution in [0.25, 0.3) is 6.08 Å². The molecule has 2 N–H and O–H groups in total. The van der Waals surface area contributed by atoms with E-state index in [1.165, 1.54) is 18.9 Å². The molecule has 3 rings (SSSR count). The number of hydrogen-bond donors (Lipinski definition) is 2. The second kappa shape index (κ2) is 10.3. The molecule has 1 aromatic heterocycles. The van der Waals surface area contributed by atoms with Crippen LogP contribution >= 0.6 is 0 Å². The maximum absolute atomic E-state index is 11.9. The minimum absolute atomic E-state index is 0.0163. The van der Waals surface area contributed by atoms with Crippen LogP contribution in [0.1, 0.15) is 36.8 Å². The van der Waals surface area contributed by atoms with Gasteiger partial charge in [0.15, 0.2) is 6.61 Å². The number of hydrogen-bond acceptors (Lipinski definition) is 4. The van der Waals surface area contributed by atoms with Crippen molar-refractivity contribution < 1.29 is 14.3 Å². The van der Waals surface area contributed by atoms with Gasteiger partial charge in [-0.2, -0.15) is 0 Å². The van der Waals surface area contributed by atoms with Crippen molar-refractivity contribution in [1.29, 1.82) is 0 Å². The predicted octanol–water partition coefficient (Wildman–Crippen LogP) is 2.85. The fraction of sp³-hybridized carbons (Fsp3) is 0.318. The average Bonchev–Trinajstić information content (AvgIpc) is 3.23. The summed E-state index contributed by atoms with van der Waals surface area (Å²) in [6, 6.07) is 11.3. The maximum atomic E-state index is 11.9. The number of benzene rings is 1. The molecule has 0 spiro atoms. The zero-order valence-electron chi connectivity index (χ0n) is 15.8. The van der Waals surface area contributed by atoms with Crippen LogP contribution in [0.5, 0.6) is 5.75 Å². The lowest BCUT2D eigenvalue weighted by atomic mass is 10.2. The summed E-state index contributed by atoms with van der Waals surface area (Å²) in [7, 11) is 0. The van der Waals surface area contributed by atoms with Gasteiger partial charge in [-0.3, -0.25) is 14.6 Å². The second-order valence-corrected chi connectivity index (χ2v) is 6.82. The number of carbonyl (C=O) groups excluding carboxylic acids is 2. The summed E-state index contributed by atoms with van der Waals surface area (Å²) in [4.78, 5) is 27.8. The van der Waals surface area contributed by atoms with E-state index in [0.717, 1.165) is 24.0 Å². The van der Waals surface area contributed by atoms with Crippen LogP contribution < -0.4 is 15.4 Å². The van der Waals surface area contributed by atoms with Crippen LogP contribution in [-0.2, 0) is 16.1 Å². The normalized spacial score (nSPS) is 14.1. The van der Waals surface area contributed by atoms with Gasteiger partial charge in [0.05, 0.1) is 0 Å². The van der Waals surface area contributed by atoms with Crippen LogP contribution in [0.4, 0.5) is 0 Å². The Balaban J connectivity index is 1.40. The number of amides is 2. The first-order chi connectivity index (χ1) is 13.7. The van der Waals surface area contributed by atoms with Gasteiger partial charge < -0.3 is 15.4 Å². The van der Waals surface area contributed by atoms with Gasteiger partial charge in [-0.15, -0.1) is 0 Å². The lowest BCUT2D eigenvalue weighted by Crippen LogP contribution is -2.36. The van der Waals surface area contributed by atoms with Gasteiger partial charge in [0, 0.05) is 31.1 Å². The highest BCUT2D eigenvalue weighted by atomic mass is 16.5. The van der Waals surface area contributed by atoms with Crippen LogP contribution in [0, 0.1) is 0 Å². The molecule has 1 fully saturated rings. The first kappa shape index (κ1) is 19.6. The molecule has 1 aliphatic carbocycles. The zero-order valence-corrected chi connectivity index (χ0v) is 15.8. The number of aromatic nitrogens is 1. The van der Waals surface area contributed by atoms with Gasteiger partial charge in [0.1, 0.15) is 5.75 Å². The predicted molar refractivity (Wildman–Crippen MR) is 107 cm³/mol. The summed E-state index contributed by atoms with van der Waals surface area (Å²) in [5.41, 5.74) is 1.82. The molecule has 2 amide bonds. The molecule has 0 unspecified atom stereocenters. The minimum atomic E-state index is -0.173. The molecule has 1 heterocycles. The van der Waals surface area contributed by atoms with E-state index in [9.17, 15) is 9.59 Å². The number of carbonyl (C=O) groups is 2. The second-order valence-electron chi connectivity index (χ2n) is 6.82. The highest BCUT2D eigenvalue weighted by Gasteiger charge is 2.17. The Hall–Kier alpha value is -3.15. The lowest BCUT2D eigenvalue weighted by Gasteiger charge is -2.12. The molecular weight excluding hydrogens is 354 g/mol. The van der Waals surface area contributed by atoms with Crippen molar-refractivity contribution in [1.82, 2.24) is 15.6 Å². The number of rotatable bonds is 8. The average molecular weight is 379 g/mol. The third-order valence-electron chi connectivity index (χ3n) is 4.59.